The van der Waals surface area contributed by atoms with Crippen molar-refractivity contribution < 1.29 is 4.79 Å². The van der Waals surface area contributed by atoms with Crippen LogP contribution in [0.25, 0.3) is 0 Å². The van der Waals surface area contributed by atoms with Gasteiger partial charge in [-0.2, -0.15) is 0 Å². The lowest BCUT2D eigenvalue weighted by Crippen LogP contribution is -2.40. The lowest BCUT2D eigenvalue weighted by atomic mass is 10.1. The van der Waals surface area contributed by atoms with E-state index in [-0.39, 0.29) is 5.91 Å². The van der Waals surface area contributed by atoms with Crippen molar-refractivity contribution in [2.24, 2.45) is 11.7 Å². The molecule has 0 spiro atoms. The van der Waals surface area contributed by atoms with Gasteiger partial charge in [0, 0.05) is 19.1 Å². The maximum atomic E-state index is 11.6. The molecule has 0 radical (unpaired) electrons. The zero-order chi connectivity index (χ0) is 12.0. The summed E-state index contributed by atoms with van der Waals surface area (Å²) in [6.07, 6.45) is 3.67. The number of rotatable bonds is 8. The Labute approximate surface area is 98.6 Å². The van der Waals surface area contributed by atoms with E-state index in [9.17, 15) is 4.79 Å². The van der Waals surface area contributed by atoms with Crippen LogP contribution in [0.5, 0.6) is 0 Å². The lowest BCUT2D eigenvalue weighted by molar-refractivity contribution is -0.122. The minimum absolute atomic E-state index is 0.112. The van der Waals surface area contributed by atoms with Crippen LogP contribution in [0.1, 0.15) is 33.1 Å². The van der Waals surface area contributed by atoms with Gasteiger partial charge in [-0.1, -0.05) is 13.8 Å². The van der Waals surface area contributed by atoms with E-state index in [0.717, 1.165) is 6.54 Å². The van der Waals surface area contributed by atoms with Crippen molar-refractivity contribution in [3.63, 3.8) is 0 Å². The van der Waals surface area contributed by atoms with E-state index in [2.05, 4.69) is 24.1 Å². The van der Waals surface area contributed by atoms with Gasteiger partial charge in [0.1, 0.15) is 0 Å². The van der Waals surface area contributed by atoms with Crippen LogP contribution in [-0.4, -0.2) is 43.0 Å². The summed E-state index contributed by atoms with van der Waals surface area (Å²) in [5, 5.41) is 2.83. The van der Waals surface area contributed by atoms with E-state index in [1.54, 1.807) is 0 Å². The molecule has 4 heteroatoms. The number of amides is 1. The average molecular weight is 227 g/mol. The van der Waals surface area contributed by atoms with Gasteiger partial charge in [0.2, 0.25) is 5.91 Å². The largest absolute Gasteiger partial charge is 0.354 e. The fourth-order valence-corrected chi connectivity index (χ4v) is 1.71. The van der Waals surface area contributed by atoms with Crippen molar-refractivity contribution in [1.82, 2.24) is 10.2 Å². The van der Waals surface area contributed by atoms with Crippen LogP contribution in [0, 0.1) is 5.92 Å². The summed E-state index contributed by atoms with van der Waals surface area (Å²) < 4.78 is 0. The topological polar surface area (TPSA) is 58.4 Å². The monoisotopic (exact) mass is 227 g/mol. The summed E-state index contributed by atoms with van der Waals surface area (Å²) in [5.74, 6) is 0.814. The summed E-state index contributed by atoms with van der Waals surface area (Å²) in [5.41, 5.74) is 5.35. The number of carbonyl (C=O) groups excluding carboxylic acids is 1. The first-order valence-electron chi connectivity index (χ1n) is 6.34. The summed E-state index contributed by atoms with van der Waals surface area (Å²) in [6, 6.07) is 0.655. The van der Waals surface area contributed by atoms with E-state index in [1.165, 1.54) is 19.3 Å². The molecule has 3 N–H and O–H groups in total. The fourth-order valence-electron chi connectivity index (χ4n) is 1.71. The molecule has 0 aromatic carbocycles. The normalized spacial score (nSPS) is 15.8. The lowest BCUT2D eigenvalue weighted by Gasteiger charge is -2.22. The Morgan fingerprint density at radius 1 is 1.50 bits per heavy atom. The van der Waals surface area contributed by atoms with Crippen LogP contribution in [0.3, 0.4) is 0 Å². The van der Waals surface area contributed by atoms with Crippen molar-refractivity contribution in [3.8, 4) is 0 Å². The molecular weight excluding hydrogens is 202 g/mol. The minimum Gasteiger partial charge on any atom is -0.354 e. The SMILES string of the molecule is CC(C)CCN(CC(=O)NCCN)C1CC1. The van der Waals surface area contributed by atoms with Gasteiger partial charge in [-0.3, -0.25) is 9.69 Å². The molecule has 1 saturated carbocycles. The molecule has 1 aliphatic rings. The molecule has 1 rings (SSSR count). The van der Waals surface area contributed by atoms with E-state index in [1.807, 2.05) is 0 Å². The highest BCUT2D eigenvalue weighted by atomic mass is 16.2. The minimum atomic E-state index is 0.112. The van der Waals surface area contributed by atoms with Crippen molar-refractivity contribution >= 4 is 5.91 Å². The first-order chi connectivity index (χ1) is 7.63. The molecule has 1 aliphatic carbocycles. The summed E-state index contributed by atoms with van der Waals surface area (Å²) in [6.45, 7) is 7.12. The Balaban J connectivity index is 2.24. The molecule has 0 unspecified atom stereocenters. The number of nitrogens with zero attached hydrogens (tertiary/aromatic N) is 1. The molecule has 0 aromatic rings. The second-order valence-electron chi connectivity index (χ2n) is 5.02. The van der Waals surface area contributed by atoms with Crippen molar-refractivity contribution in [1.29, 1.82) is 0 Å². The summed E-state index contributed by atoms with van der Waals surface area (Å²) in [4.78, 5) is 13.9. The summed E-state index contributed by atoms with van der Waals surface area (Å²) in [7, 11) is 0. The highest BCUT2D eigenvalue weighted by molar-refractivity contribution is 5.78. The zero-order valence-electron chi connectivity index (χ0n) is 10.5. The number of hydrogen-bond donors (Lipinski definition) is 2. The van der Waals surface area contributed by atoms with Gasteiger partial charge < -0.3 is 11.1 Å². The van der Waals surface area contributed by atoms with Crippen molar-refractivity contribution in [3.05, 3.63) is 0 Å². The molecule has 94 valence electrons. The molecule has 1 amide bonds. The van der Waals surface area contributed by atoms with Crippen LogP contribution in [0.15, 0.2) is 0 Å². The predicted octanol–water partition coefficient (Wildman–Crippen LogP) is 0.572. The maximum Gasteiger partial charge on any atom is 0.234 e. The summed E-state index contributed by atoms with van der Waals surface area (Å²) >= 11 is 0. The Morgan fingerprint density at radius 3 is 2.69 bits per heavy atom. The van der Waals surface area contributed by atoms with E-state index >= 15 is 0 Å². The van der Waals surface area contributed by atoms with Crippen molar-refractivity contribution in [2.45, 2.75) is 39.2 Å². The van der Waals surface area contributed by atoms with Crippen LogP contribution in [-0.2, 0) is 4.79 Å². The van der Waals surface area contributed by atoms with E-state index in [4.69, 9.17) is 5.73 Å². The Bertz CT molecular complexity index is 214. The molecular formula is C12H25N3O. The van der Waals surface area contributed by atoms with Gasteiger partial charge in [0.05, 0.1) is 6.54 Å². The second kappa shape index (κ2) is 6.86. The highest BCUT2D eigenvalue weighted by Crippen LogP contribution is 2.26. The predicted molar refractivity (Wildman–Crippen MR) is 66.1 cm³/mol. The van der Waals surface area contributed by atoms with Gasteiger partial charge in [-0.15, -0.1) is 0 Å². The molecule has 4 nitrogen and oxygen atoms in total. The highest BCUT2D eigenvalue weighted by Gasteiger charge is 2.29. The quantitative estimate of drug-likeness (QED) is 0.637. The molecule has 0 saturated heterocycles. The molecule has 0 heterocycles. The first-order valence-corrected chi connectivity index (χ1v) is 6.34. The van der Waals surface area contributed by atoms with Crippen molar-refractivity contribution in [2.75, 3.05) is 26.2 Å². The van der Waals surface area contributed by atoms with Gasteiger partial charge in [-0.25, -0.2) is 0 Å². The molecule has 16 heavy (non-hydrogen) atoms. The zero-order valence-corrected chi connectivity index (χ0v) is 10.5. The molecule has 0 aromatic heterocycles. The smallest absolute Gasteiger partial charge is 0.234 e. The van der Waals surface area contributed by atoms with Gasteiger partial charge in [0.25, 0.3) is 0 Å². The number of nitrogens with one attached hydrogen (secondary N) is 1. The maximum absolute atomic E-state index is 11.6. The van der Waals surface area contributed by atoms with Gasteiger partial charge in [0.15, 0.2) is 0 Å². The molecule has 0 atom stereocenters. The van der Waals surface area contributed by atoms with Crippen LogP contribution < -0.4 is 11.1 Å². The average Bonchev–Trinajstić information content (AvgIpc) is 3.04. The fraction of sp³-hybridized carbons (Fsp3) is 0.917. The standard InChI is InChI=1S/C12H25N3O/c1-10(2)5-8-15(11-3-4-11)9-12(16)14-7-6-13/h10-11H,3-9,13H2,1-2H3,(H,14,16). The Hall–Kier alpha value is -0.610. The number of hydrogen-bond acceptors (Lipinski definition) is 3. The van der Waals surface area contributed by atoms with E-state index in [0.29, 0.717) is 31.6 Å². The molecule has 0 bridgehead atoms. The second-order valence-corrected chi connectivity index (χ2v) is 5.02. The molecule has 0 aliphatic heterocycles. The van der Waals surface area contributed by atoms with Crippen LogP contribution in [0.2, 0.25) is 0 Å². The van der Waals surface area contributed by atoms with Crippen LogP contribution >= 0.6 is 0 Å². The van der Waals surface area contributed by atoms with Crippen LogP contribution in [0.4, 0.5) is 0 Å². The third kappa shape index (κ3) is 5.47. The Morgan fingerprint density at radius 2 is 2.19 bits per heavy atom. The third-order valence-electron chi connectivity index (χ3n) is 2.87. The number of carbonyl (C=O) groups is 1. The Kier molecular flexibility index (Phi) is 5.77. The van der Waals surface area contributed by atoms with Gasteiger partial charge >= 0.3 is 0 Å². The third-order valence-corrected chi connectivity index (χ3v) is 2.87. The number of nitrogens with two attached hydrogens (primary N) is 1. The molecule has 1 fully saturated rings. The van der Waals surface area contributed by atoms with E-state index < -0.39 is 0 Å². The first kappa shape index (κ1) is 13.5. The van der Waals surface area contributed by atoms with Gasteiger partial charge in [-0.05, 0) is 31.7 Å².